The molecule has 1 heterocycles. The van der Waals surface area contributed by atoms with E-state index in [1.54, 1.807) is 0 Å². The first-order valence-corrected chi connectivity index (χ1v) is 8.65. The zero-order valence-electron chi connectivity index (χ0n) is 11.4. The molecule has 0 radical (unpaired) electrons. The van der Waals surface area contributed by atoms with E-state index in [2.05, 4.69) is 86.1 Å². The SMILES string of the molecule is CCCNC(Cc1ccc(Br)cn1)c1cccc(I)c1. The summed E-state index contributed by atoms with van der Waals surface area (Å²) in [6, 6.07) is 13.1. The number of nitrogens with zero attached hydrogens (tertiary/aromatic N) is 1. The van der Waals surface area contributed by atoms with Crippen LogP contribution in [0.25, 0.3) is 0 Å². The zero-order chi connectivity index (χ0) is 14.4. The van der Waals surface area contributed by atoms with Gasteiger partial charge in [0, 0.05) is 32.4 Å². The summed E-state index contributed by atoms with van der Waals surface area (Å²) < 4.78 is 2.29. The van der Waals surface area contributed by atoms with Gasteiger partial charge >= 0.3 is 0 Å². The first-order valence-electron chi connectivity index (χ1n) is 6.78. The molecule has 0 aliphatic rings. The molecule has 0 saturated heterocycles. The molecule has 0 saturated carbocycles. The lowest BCUT2D eigenvalue weighted by atomic mass is 10.0. The van der Waals surface area contributed by atoms with Crippen molar-refractivity contribution < 1.29 is 0 Å². The Labute approximate surface area is 142 Å². The highest BCUT2D eigenvalue weighted by Gasteiger charge is 2.12. The van der Waals surface area contributed by atoms with Crippen LogP contribution in [0.15, 0.2) is 47.1 Å². The molecule has 0 bridgehead atoms. The molecule has 1 aromatic carbocycles. The standard InChI is InChI=1S/C16H18BrIN2/c1-2-8-19-16(12-4-3-5-14(18)9-12)10-15-7-6-13(17)11-20-15/h3-7,9,11,16,19H,2,8,10H2,1H3. The Hall–Kier alpha value is -0.460. The molecule has 1 aromatic heterocycles. The van der Waals surface area contributed by atoms with Gasteiger partial charge in [-0.05, 0) is 81.3 Å². The molecule has 0 aliphatic heterocycles. The molecule has 0 fully saturated rings. The van der Waals surface area contributed by atoms with Crippen molar-refractivity contribution in [3.8, 4) is 0 Å². The molecular formula is C16H18BrIN2. The van der Waals surface area contributed by atoms with Gasteiger partial charge in [0.25, 0.3) is 0 Å². The van der Waals surface area contributed by atoms with Gasteiger partial charge in [0.15, 0.2) is 0 Å². The van der Waals surface area contributed by atoms with E-state index in [-0.39, 0.29) is 0 Å². The van der Waals surface area contributed by atoms with Crippen molar-refractivity contribution in [3.63, 3.8) is 0 Å². The van der Waals surface area contributed by atoms with E-state index in [1.807, 2.05) is 12.3 Å². The van der Waals surface area contributed by atoms with Gasteiger partial charge in [-0.1, -0.05) is 19.1 Å². The lowest BCUT2D eigenvalue weighted by Gasteiger charge is -2.19. The van der Waals surface area contributed by atoms with Gasteiger partial charge in [0.2, 0.25) is 0 Å². The first kappa shape index (κ1) is 15.9. The first-order chi connectivity index (χ1) is 9.69. The number of nitrogens with one attached hydrogen (secondary N) is 1. The largest absolute Gasteiger partial charge is 0.310 e. The number of rotatable bonds is 6. The van der Waals surface area contributed by atoms with E-state index in [9.17, 15) is 0 Å². The maximum atomic E-state index is 4.49. The minimum absolute atomic E-state index is 0.318. The maximum absolute atomic E-state index is 4.49. The molecule has 106 valence electrons. The number of hydrogen-bond donors (Lipinski definition) is 1. The molecule has 4 heteroatoms. The van der Waals surface area contributed by atoms with E-state index in [0.29, 0.717) is 6.04 Å². The zero-order valence-corrected chi connectivity index (χ0v) is 15.2. The van der Waals surface area contributed by atoms with Gasteiger partial charge in [0.05, 0.1) is 0 Å². The molecule has 2 nitrogen and oxygen atoms in total. The predicted molar refractivity (Wildman–Crippen MR) is 95.8 cm³/mol. The molecule has 0 amide bonds. The summed E-state index contributed by atoms with van der Waals surface area (Å²) in [5, 5.41) is 3.62. The predicted octanol–water partition coefficient (Wildman–Crippen LogP) is 4.73. The van der Waals surface area contributed by atoms with Crippen molar-refractivity contribution >= 4 is 38.5 Å². The third kappa shape index (κ3) is 4.82. The minimum atomic E-state index is 0.318. The molecule has 1 atom stereocenters. The van der Waals surface area contributed by atoms with Gasteiger partial charge in [-0.15, -0.1) is 0 Å². The molecule has 0 aliphatic carbocycles. The summed E-state index contributed by atoms with van der Waals surface area (Å²) >= 11 is 5.79. The Morgan fingerprint density at radius 3 is 2.80 bits per heavy atom. The summed E-state index contributed by atoms with van der Waals surface area (Å²) in [5.41, 5.74) is 2.44. The Kier molecular flexibility index (Phi) is 6.45. The second kappa shape index (κ2) is 8.10. The van der Waals surface area contributed by atoms with Gasteiger partial charge in [-0.3, -0.25) is 4.98 Å². The van der Waals surface area contributed by atoms with E-state index >= 15 is 0 Å². The average Bonchev–Trinajstić information content (AvgIpc) is 2.45. The molecule has 1 unspecified atom stereocenters. The number of benzene rings is 1. The molecule has 20 heavy (non-hydrogen) atoms. The molecule has 1 N–H and O–H groups in total. The minimum Gasteiger partial charge on any atom is -0.310 e. The van der Waals surface area contributed by atoms with E-state index < -0.39 is 0 Å². The molecular weight excluding hydrogens is 427 g/mol. The fourth-order valence-electron chi connectivity index (χ4n) is 2.09. The van der Waals surface area contributed by atoms with Crippen molar-refractivity contribution in [2.24, 2.45) is 0 Å². The monoisotopic (exact) mass is 444 g/mol. The van der Waals surface area contributed by atoms with Gasteiger partial charge < -0.3 is 5.32 Å². The van der Waals surface area contributed by atoms with Crippen LogP contribution < -0.4 is 5.32 Å². The molecule has 0 spiro atoms. The summed E-state index contributed by atoms with van der Waals surface area (Å²) in [6.07, 6.45) is 3.91. The second-order valence-electron chi connectivity index (χ2n) is 4.73. The van der Waals surface area contributed by atoms with E-state index in [1.165, 1.54) is 9.13 Å². The van der Waals surface area contributed by atoms with E-state index in [4.69, 9.17) is 0 Å². The number of hydrogen-bond acceptors (Lipinski definition) is 2. The summed E-state index contributed by atoms with van der Waals surface area (Å²) in [6.45, 7) is 3.21. The summed E-state index contributed by atoms with van der Waals surface area (Å²) in [7, 11) is 0. The highest BCUT2D eigenvalue weighted by Crippen LogP contribution is 2.20. The normalized spacial score (nSPS) is 12.3. The van der Waals surface area contributed by atoms with Gasteiger partial charge in [0.1, 0.15) is 0 Å². The summed E-state index contributed by atoms with van der Waals surface area (Å²) in [4.78, 5) is 4.49. The maximum Gasteiger partial charge on any atom is 0.0423 e. The number of aromatic nitrogens is 1. The smallest absolute Gasteiger partial charge is 0.0423 e. The lowest BCUT2D eigenvalue weighted by Crippen LogP contribution is -2.24. The van der Waals surface area contributed by atoms with Crippen molar-refractivity contribution in [1.82, 2.24) is 10.3 Å². The second-order valence-corrected chi connectivity index (χ2v) is 6.89. The van der Waals surface area contributed by atoms with Crippen molar-refractivity contribution in [2.75, 3.05) is 6.54 Å². The van der Waals surface area contributed by atoms with Crippen LogP contribution in [0.5, 0.6) is 0 Å². The van der Waals surface area contributed by atoms with Crippen molar-refractivity contribution in [1.29, 1.82) is 0 Å². The van der Waals surface area contributed by atoms with Crippen molar-refractivity contribution in [2.45, 2.75) is 25.8 Å². The highest BCUT2D eigenvalue weighted by atomic mass is 127. The average molecular weight is 445 g/mol. The van der Waals surface area contributed by atoms with Crippen LogP contribution >= 0.6 is 38.5 Å². The van der Waals surface area contributed by atoms with Crippen LogP contribution in [0.4, 0.5) is 0 Å². The van der Waals surface area contributed by atoms with Crippen molar-refractivity contribution in [3.05, 3.63) is 61.9 Å². The van der Waals surface area contributed by atoms with Gasteiger partial charge in [-0.2, -0.15) is 0 Å². The van der Waals surface area contributed by atoms with E-state index in [0.717, 1.165) is 29.6 Å². The molecule has 2 aromatic rings. The highest BCUT2D eigenvalue weighted by molar-refractivity contribution is 14.1. The Bertz CT molecular complexity index is 542. The summed E-state index contributed by atoms with van der Waals surface area (Å²) in [5.74, 6) is 0. The quantitative estimate of drug-likeness (QED) is 0.651. The Morgan fingerprint density at radius 2 is 2.15 bits per heavy atom. The Balaban J connectivity index is 2.16. The van der Waals surface area contributed by atoms with Crippen LogP contribution in [0, 0.1) is 3.57 Å². The molecule has 2 rings (SSSR count). The lowest BCUT2D eigenvalue weighted by molar-refractivity contribution is 0.524. The van der Waals surface area contributed by atoms with Crippen LogP contribution in [-0.2, 0) is 6.42 Å². The third-order valence-corrected chi connectivity index (χ3v) is 4.23. The topological polar surface area (TPSA) is 24.9 Å². The van der Waals surface area contributed by atoms with Crippen LogP contribution in [0.3, 0.4) is 0 Å². The fourth-order valence-corrected chi connectivity index (χ4v) is 2.89. The fraction of sp³-hybridized carbons (Fsp3) is 0.312. The third-order valence-electron chi connectivity index (χ3n) is 3.09. The van der Waals surface area contributed by atoms with Crippen LogP contribution in [0.2, 0.25) is 0 Å². The van der Waals surface area contributed by atoms with Gasteiger partial charge in [-0.25, -0.2) is 0 Å². The number of halogens is 2. The van der Waals surface area contributed by atoms with Crippen LogP contribution in [0.1, 0.15) is 30.6 Å². The number of pyridine rings is 1. The van der Waals surface area contributed by atoms with Crippen LogP contribution in [-0.4, -0.2) is 11.5 Å². The Morgan fingerprint density at radius 1 is 1.30 bits per heavy atom.